The summed E-state index contributed by atoms with van der Waals surface area (Å²) in [6.45, 7) is 1.74. The summed E-state index contributed by atoms with van der Waals surface area (Å²) in [5.41, 5.74) is 4.49. The molecule has 0 aliphatic heterocycles. The first-order valence-corrected chi connectivity index (χ1v) is 5.47. The Labute approximate surface area is 103 Å². The second kappa shape index (κ2) is 5.86. The van der Waals surface area contributed by atoms with Crippen molar-refractivity contribution in [2.24, 2.45) is 5.73 Å². The van der Waals surface area contributed by atoms with Gasteiger partial charge in [-0.05, 0) is 18.6 Å². The number of halogens is 3. The van der Waals surface area contributed by atoms with Crippen molar-refractivity contribution in [3.63, 3.8) is 0 Å². The fourth-order valence-electron chi connectivity index (χ4n) is 1.61. The van der Waals surface area contributed by atoms with Gasteiger partial charge in [-0.2, -0.15) is 13.2 Å². The summed E-state index contributed by atoms with van der Waals surface area (Å²) in [6, 6.07) is 5.08. The van der Waals surface area contributed by atoms with Crippen molar-refractivity contribution in [1.82, 2.24) is 5.32 Å². The third kappa shape index (κ3) is 4.37. The molecule has 0 aliphatic rings. The van der Waals surface area contributed by atoms with Gasteiger partial charge in [-0.15, -0.1) is 0 Å². The number of nitrogens with two attached hydrogens (primary N) is 1. The molecular weight excluding hydrogens is 245 g/mol. The summed E-state index contributed by atoms with van der Waals surface area (Å²) in [6.07, 6.45) is -4.28. The Bertz CT molecular complexity index is 418. The lowest BCUT2D eigenvalue weighted by Crippen LogP contribution is -2.31. The van der Waals surface area contributed by atoms with Gasteiger partial charge in [0.2, 0.25) is 5.91 Å². The van der Waals surface area contributed by atoms with Crippen LogP contribution in [0.2, 0.25) is 0 Å². The average molecular weight is 260 g/mol. The predicted molar refractivity (Wildman–Crippen MR) is 61.6 cm³/mol. The molecule has 100 valence electrons. The van der Waals surface area contributed by atoms with E-state index in [0.717, 1.165) is 6.07 Å². The van der Waals surface area contributed by atoms with E-state index >= 15 is 0 Å². The van der Waals surface area contributed by atoms with E-state index in [1.807, 2.05) is 0 Å². The van der Waals surface area contributed by atoms with Crippen LogP contribution in [-0.2, 0) is 17.5 Å². The Balaban J connectivity index is 2.71. The molecule has 0 aliphatic carbocycles. The maximum atomic E-state index is 12.7. The number of nitrogens with one attached hydrogen (secondary N) is 1. The molecule has 0 bridgehead atoms. The normalized spacial score (nSPS) is 13.3. The molecule has 0 spiro atoms. The lowest BCUT2D eigenvalue weighted by molar-refractivity contribution is -0.138. The number of primary amides is 1. The molecule has 3 N–H and O–H groups in total. The lowest BCUT2D eigenvalue weighted by atomic mass is 10.1. The molecule has 0 aromatic heterocycles. The summed E-state index contributed by atoms with van der Waals surface area (Å²) in [5, 5.41) is 2.84. The van der Waals surface area contributed by atoms with Gasteiger partial charge in [0.25, 0.3) is 0 Å². The van der Waals surface area contributed by atoms with Gasteiger partial charge in [0.05, 0.1) is 5.56 Å². The maximum absolute atomic E-state index is 12.7. The zero-order chi connectivity index (χ0) is 13.8. The minimum Gasteiger partial charge on any atom is -0.370 e. The molecule has 0 fully saturated rings. The first-order chi connectivity index (χ1) is 8.30. The van der Waals surface area contributed by atoms with E-state index < -0.39 is 17.6 Å². The molecule has 18 heavy (non-hydrogen) atoms. The van der Waals surface area contributed by atoms with Gasteiger partial charge in [0, 0.05) is 19.0 Å². The molecular formula is C12H15F3N2O. The van der Waals surface area contributed by atoms with Crippen LogP contribution in [0.15, 0.2) is 24.3 Å². The Morgan fingerprint density at radius 1 is 1.39 bits per heavy atom. The summed E-state index contributed by atoms with van der Waals surface area (Å²) < 4.78 is 38.0. The standard InChI is InChI=1S/C12H15F3N2O/c1-8(6-11(16)18)17-7-9-4-2-3-5-10(9)12(13,14)15/h2-5,8,17H,6-7H2,1H3,(H2,16,18). The van der Waals surface area contributed by atoms with Gasteiger partial charge in [-0.1, -0.05) is 18.2 Å². The van der Waals surface area contributed by atoms with E-state index in [1.165, 1.54) is 12.1 Å². The third-order valence-electron chi connectivity index (χ3n) is 2.47. The molecule has 0 saturated carbocycles. The van der Waals surface area contributed by atoms with E-state index in [2.05, 4.69) is 5.32 Å². The number of alkyl halides is 3. The molecule has 1 aromatic rings. The smallest absolute Gasteiger partial charge is 0.370 e. The van der Waals surface area contributed by atoms with Crippen molar-refractivity contribution in [1.29, 1.82) is 0 Å². The third-order valence-corrected chi connectivity index (χ3v) is 2.47. The van der Waals surface area contributed by atoms with Crippen LogP contribution in [0, 0.1) is 0 Å². The molecule has 1 rings (SSSR count). The highest BCUT2D eigenvalue weighted by Gasteiger charge is 2.32. The summed E-state index contributed by atoms with van der Waals surface area (Å²) in [4.78, 5) is 10.6. The topological polar surface area (TPSA) is 55.1 Å². The fraction of sp³-hybridized carbons (Fsp3) is 0.417. The Morgan fingerprint density at radius 3 is 2.56 bits per heavy atom. The quantitative estimate of drug-likeness (QED) is 0.851. The minimum absolute atomic E-state index is 0.0458. The predicted octanol–water partition coefficient (Wildman–Crippen LogP) is 2.06. The molecule has 1 atom stereocenters. The van der Waals surface area contributed by atoms with Crippen molar-refractivity contribution in [2.75, 3.05) is 0 Å². The molecule has 0 heterocycles. The van der Waals surface area contributed by atoms with Crippen LogP contribution in [0.25, 0.3) is 0 Å². The molecule has 0 saturated heterocycles. The van der Waals surface area contributed by atoms with Crippen molar-refractivity contribution in [3.8, 4) is 0 Å². The van der Waals surface area contributed by atoms with Crippen molar-refractivity contribution >= 4 is 5.91 Å². The SMILES string of the molecule is CC(CC(N)=O)NCc1ccccc1C(F)(F)F. The second-order valence-corrected chi connectivity index (χ2v) is 4.11. The molecule has 1 unspecified atom stereocenters. The van der Waals surface area contributed by atoms with E-state index in [-0.39, 0.29) is 24.6 Å². The van der Waals surface area contributed by atoms with Crippen molar-refractivity contribution in [2.45, 2.75) is 32.1 Å². The van der Waals surface area contributed by atoms with Crippen LogP contribution >= 0.6 is 0 Å². The van der Waals surface area contributed by atoms with Gasteiger partial charge in [0.1, 0.15) is 0 Å². The van der Waals surface area contributed by atoms with E-state index in [4.69, 9.17) is 5.73 Å². The Hall–Kier alpha value is -1.56. The van der Waals surface area contributed by atoms with E-state index in [9.17, 15) is 18.0 Å². The van der Waals surface area contributed by atoms with Crippen LogP contribution in [0.4, 0.5) is 13.2 Å². The second-order valence-electron chi connectivity index (χ2n) is 4.11. The monoisotopic (exact) mass is 260 g/mol. The van der Waals surface area contributed by atoms with Crippen LogP contribution in [0.1, 0.15) is 24.5 Å². The fourth-order valence-corrected chi connectivity index (χ4v) is 1.61. The molecule has 3 nitrogen and oxygen atoms in total. The van der Waals surface area contributed by atoms with E-state index in [1.54, 1.807) is 13.0 Å². The zero-order valence-electron chi connectivity index (χ0n) is 9.92. The van der Waals surface area contributed by atoms with Gasteiger partial charge in [0.15, 0.2) is 0 Å². The summed E-state index contributed by atoms with van der Waals surface area (Å²) >= 11 is 0. The van der Waals surface area contributed by atoms with Crippen molar-refractivity contribution in [3.05, 3.63) is 35.4 Å². The van der Waals surface area contributed by atoms with Crippen LogP contribution in [-0.4, -0.2) is 11.9 Å². The number of amides is 1. The summed E-state index contributed by atoms with van der Waals surface area (Å²) in [7, 11) is 0. The first kappa shape index (κ1) is 14.5. The zero-order valence-corrected chi connectivity index (χ0v) is 9.92. The highest BCUT2D eigenvalue weighted by molar-refractivity contribution is 5.74. The number of rotatable bonds is 5. The van der Waals surface area contributed by atoms with Gasteiger partial charge in [-0.25, -0.2) is 0 Å². The lowest BCUT2D eigenvalue weighted by Gasteiger charge is -2.16. The minimum atomic E-state index is -4.37. The number of carbonyl (C=O) groups is 1. The highest BCUT2D eigenvalue weighted by Crippen LogP contribution is 2.31. The number of benzene rings is 1. The van der Waals surface area contributed by atoms with Crippen LogP contribution in [0.3, 0.4) is 0 Å². The Kier molecular flexibility index (Phi) is 4.72. The van der Waals surface area contributed by atoms with Gasteiger partial charge >= 0.3 is 6.18 Å². The number of hydrogen-bond acceptors (Lipinski definition) is 2. The van der Waals surface area contributed by atoms with Crippen LogP contribution in [0.5, 0.6) is 0 Å². The number of hydrogen-bond donors (Lipinski definition) is 2. The van der Waals surface area contributed by atoms with E-state index in [0.29, 0.717) is 0 Å². The molecule has 6 heteroatoms. The molecule has 1 aromatic carbocycles. The Morgan fingerprint density at radius 2 is 2.00 bits per heavy atom. The van der Waals surface area contributed by atoms with Crippen LogP contribution < -0.4 is 11.1 Å². The summed E-state index contributed by atoms with van der Waals surface area (Å²) in [5.74, 6) is -0.487. The molecule has 0 radical (unpaired) electrons. The maximum Gasteiger partial charge on any atom is 0.416 e. The van der Waals surface area contributed by atoms with Gasteiger partial charge < -0.3 is 11.1 Å². The molecule has 1 amide bonds. The van der Waals surface area contributed by atoms with Crippen molar-refractivity contribution < 1.29 is 18.0 Å². The largest absolute Gasteiger partial charge is 0.416 e. The number of carbonyl (C=O) groups excluding carboxylic acids is 1. The first-order valence-electron chi connectivity index (χ1n) is 5.47. The highest BCUT2D eigenvalue weighted by atomic mass is 19.4. The average Bonchev–Trinajstić information content (AvgIpc) is 2.24. The van der Waals surface area contributed by atoms with Gasteiger partial charge in [-0.3, -0.25) is 4.79 Å².